The number of Topliss-reactive ketones (excluding diaryl/α,β-unsaturated/α-hetero) is 1. The Balaban J connectivity index is 1.61. The van der Waals surface area contributed by atoms with E-state index in [1.54, 1.807) is 12.4 Å². The van der Waals surface area contributed by atoms with Crippen LogP contribution in [0.4, 0.5) is 5.69 Å². The molecule has 0 bridgehead atoms. The summed E-state index contributed by atoms with van der Waals surface area (Å²) in [7, 11) is 6.58. The molecule has 5 nitrogen and oxygen atoms in total. The summed E-state index contributed by atoms with van der Waals surface area (Å²) in [5.41, 5.74) is 6.43. The van der Waals surface area contributed by atoms with E-state index in [0.29, 0.717) is 47.9 Å². The minimum absolute atomic E-state index is 0.106. The Morgan fingerprint density at radius 1 is 1.00 bits per heavy atom. The number of carbonyl (C=O) groups excluding carboxylic acids is 1. The first kappa shape index (κ1) is 20.2. The number of ether oxygens (including phenoxy) is 2. The molecule has 0 unspecified atom stereocenters. The summed E-state index contributed by atoms with van der Waals surface area (Å²) < 4.78 is 11.6. The van der Waals surface area contributed by atoms with E-state index in [-0.39, 0.29) is 5.78 Å². The van der Waals surface area contributed by atoms with Gasteiger partial charge in [0.1, 0.15) is 0 Å². The van der Waals surface area contributed by atoms with Crippen LogP contribution in [0.3, 0.4) is 0 Å². The molecular weight excluding hydrogens is 399 g/mol. The third kappa shape index (κ3) is 3.62. The fourth-order valence-electron chi connectivity index (χ4n) is 4.01. The second-order valence-corrected chi connectivity index (χ2v) is 8.08. The van der Waals surface area contributed by atoms with Gasteiger partial charge in [-0.25, -0.2) is 0 Å². The number of carbonyl (C=O) groups is 1. The van der Waals surface area contributed by atoms with Crippen LogP contribution in [0.1, 0.15) is 32.6 Å². The maximum atomic E-state index is 13.5. The van der Waals surface area contributed by atoms with Gasteiger partial charge in [0.05, 0.1) is 0 Å². The summed E-state index contributed by atoms with van der Waals surface area (Å²) in [4.78, 5) is 19.6. The molecule has 32 heavy (non-hydrogen) atoms. The fraction of sp³-hybridized carbons (Fsp3) is 0.192. The van der Waals surface area contributed by atoms with Crippen LogP contribution in [0, 0.1) is 13.8 Å². The summed E-state index contributed by atoms with van der Waals surface area (Å²) in [5.74, 6) is 1.22. The summed E-state index contributed by atoms with van der Waals surface area (Å²) >= 11 is 0. The van der Waals surface area contributed by atoms with Crippen LogP contribution in [0.2, 0.25) is 0 Å². The molecule has 3 aromatic rings. The topological polar surface area (TPSA) is 51.7 Å². The number of aryl methyl sites for hydroxylation is 2. The predicted octanol–water partition coefficient (Wildman–Crippen LogP) is 3.95. The number of pyridine rings is 1. The first-order chi connectivity index (χ1) is 15.5. The second-order valence-electron chi connectivity index (χ2n) is 8.08. The number of allylic oxidation sites excluding steroid dienone is 1. The van der Waals surface area contributed by atoms with Crippen LogP contribution in [-0.4, -0.2) is 36.9 Å². The van der Waals surface area contributed by atoms with Gasteiger partial charge in [0.15, 0.2) is 0 Å². The number of ketones is 1. The first-order valence-electron chi connectivity index (χ1n) is 10.6. The Morgan fingerprint density at radius 3 is 2.44 bits per heavy atom. The quantitative estimate of drug-likeness (QED) is 0.472. The van der Waals surface area contributed by atoms with E-state index < -0.39 is 0 Å². The van der Waals surface area contributed by atoms with Crippen LogP contribution in [0.25, 0.3) is 0 Å². The van der Waals surface area contributed by atoms with E-state index in [0.717, 1.165) is 27.9 Å². The molecule has 0 saturated carbocycles. The van der Waals surface area contributed by atoms with Gasteiger partial charge < -0.3 is 0 Å². The van der Waals surface area contributed by atoms with Gasteiger partial charge in [0.25, 0.3) is 0 Å². The number of nitrogens with zero attached hydrogens (tertiary/aromatic N) is 2. The van der Waals surface area contributed by atoms with Crippen molar-refractivity contribution < 1.29 is 14.3 Å². The molecular formula is C26H22BN2O3. The van der Waals surface area contributed by atoms with Crippen LogP contribution < -0.4 is 14.4 Å². The third-order valence-corrected chi connectivity index (χ3v) is 5.95. The van der Waals surface area contributed by atoms with Crippen molar-refractivity contribution in [1.29, 1.82) is 0 Å². The van der Waals surface area contributed by atoms with Crippen molar-refractivity contribution in [2.24, 2.45) is 0 Å². The Labute approximate surface area is 188 Å². The average molecular weight is 421 g/mol. The first-order valence-corrected chi connectivity index (χ1v) is 10.6. The second kappa shape index (κ2) is 8.11. The summed E-state index contributed by atoms with van der Waals surface area (Å²) in [6, 6.07) is 13.5. The van der Waals surface area contributed by atoms with E-state index in [9.17, 15) is 4.79 Å². The van der Waals surface area contributed by atoms with Crippen molar-refractivity contribution in [2.75, 3.05) is 18.1 Å². The Morgan fingerprint density at radius 2 is 1.72 bits per heavy atom. The molecule has 0 fully saturated rings. The summed E-state index contributed by atoms with van der Waals surface area (Å²) in [6.45, 7) is 5.58. The normalized spacial score (nSPS) is 14.6. The molecule has 3 heterocycles. The molecule has 0 N–H and O–H groups in total. The van der Waals surface area contributed by atoms with E-state index in [4.69, 9.17) is 17.0 Å². The molecule has 0 atom stereocenters. The van der Waals surface area contributed by atoms with E-state index in [2.05, 4.69) is 4.98 Å². The van der Waals surface area contributed by atoms with Gasteiger partial charge in [-0.05, 0) is 0 Å². The van der Waals surface area contributed by atoms with Crippen molar-refractivity contribution in [1.82, 2.24) is 4.98 Å². The van der Waals surface area contributed by atoms with Crippen molar-refractivity contribution in [3.8, 4) is 11.5 Å². The van der Waals surface area contributed by atoms with Crippen LogP contribution in [0.5, 0.6) is 11.5 Å². The number of anilines is 1. The maximum absolute atomic E-state index is 13.5. The molecule has 0 spiro atoms. The monoisotopic (exact) mass is 421 g/mol. The predicted molar refractivity (Wildman–Crippen MR) is 126 cm³/mol. The average Bonchev–Trinajstić information content (AvgIpc) is 2.82. The SMILES string of the molecule is [B]=C1C(C(=O)c2ccc(C)c(C)c2)=CN(Cc2ccncc2)c2cc3c(cc21)OCCO3. The van der Waals surface area contributed by atoms with E-state index in [1.807, 2.05) is 67.4 Å². The molecule has 0 aliphatic carbocycles. The molecule has 0 saturated heterocycles. The molecule has 6 heteroatoms. The van der Waals surface area contributed by atoms with Crippen LogP contribution in [0.15, 0.2) is 66.6 Å². The molecule has 0 amide bonds. The molecule has 157 valence electrons. The van der Waals surface area contributed by atoms with Gasteiger partial charge in [0.2, 0.25) is 0 Å². The van der Waals surface area contributed by atoms with E-state index in [1.165, 1.54) is 0 Å². The Kier molecular flexibility index (Phi) is 5.13. The Hall–Kier alpha value is -3.67. The number of hydrogen-bond donors (Lipinski definition) is 0. The number of fused-ring (bicyclic) bond motifs is 2. The molecule has 2 aliphatic rings. The number of benzene rings is 2. The van der Waals surface area contributed by atoms with Crippen molar-refractivity contribution >= 4 is 24.4 Å². The zero-order valence-corrected chi connectivity index (χ0v) is 18.1. The van der Waals surface area contributed by atoms with Gasteiger partial charge in [0, 0.05) is 0 Å². The number of rotatable bonds is 4. The molecule has 2 aromatic carbocycles. The summed E-state index contributed by atoms with van der Waals surface area (Å²) in [5, 5.41) is 0. The number of hydrogen-bond acceptors (Lipinski definition) is 5. The van der Waals surface area contributed by atoms with Crippen LogP contribution in [-0.2, 0) is 6.54 Å². The van der Waals surface area contributed by atoms with Gasteiger partial charge in [-0.15, -0.1) is 0 Å². The minimum atomic E-state index is -0.106. The number of aromatic nitrogens is 1. The Bertz CT molecular complexity index is 1270. The third-order valence-electron chi connectivity index (χ3n) is 5.95. The van der Waals surface area contributed by atoms with Crippen molar-refractivity contribution in [3.05, 3.63) is 94.4 Å². The van der Waals surface area contributed by atoms with Crippen molar-refractivity contribution in [3.63, 3.8) is 0 Å². The van der Waals surface area contributed by atoms with Gasteiger partial charge in [-0.3, -0.25) is 0 Å². The summed E-state index contributed by atoms with van der Waals surface area (Å²) in [6.07, 6.45) is 5.36. The van der Waals surface area contributed by atoms with E-state index >= 15 is 0 Å². The van der Waals surface area contributed by atoms with Gasteiger partial charge in [-0.2, -0.15) is 0 Å². The standard InChI is InChI=1S/C26H22BN2O3/c1-16-3-4-19(11-17(16)2)26(30)21-15-29(14-18-5-7-28-8-6-18)22-13-24-23(31-9-10-32-24)12-20(22)25(21)27/h3-8,11-13,15H,9-10,14H2,1-2H3. The molecule has 1 radical (unpaired) electrons. The molecule has 2 aliphatic heterocycles. The van der Waals surface area contributed by atoms with Crippen LogP contribution >= 0.6 is 0 Å². The zero-order valence-electron chi connectivity index (χ0n) is 18.1. The van der Waals surface area contributed by atoms with Gasteiger partial charge in [-0.1, -0.05) is 0 Å². The fourth-order valence-corrected chi connectivity index (χ4v) is 4.01. The van der Waals surface area contributed by atoms with Crippen molar-refractivity contribution in [2.45, 2.75) is 20.4 Å². The van der Waals surface area contributed by atoms with Gasteiger partial charge >= 0.3 is 188 Å². The zero-order chi connectivity index (χ0) is 22.2. The molecule has 5 rings (SSSR count). The molecule has 1 aromatic heterocycles.